The summed E-state index contributed by atoms with van der Waals surface area (Å²) in [6.45, 7) is 1.94. The lowest BCUT2D eigenvalue weighted by Gasteiger charge is -1.98. The highest BCUT2D eigenvalue weighted by Crippen LogP contribution is 2.15. The van der Waals surface area contributed by atoms with E-state index in [2.05, 4.69) is 21.0 Å². The third-order valence-corrected chi connectivity index (χ3v) is 2.86. The number of nitrogens with zero attached hydrogens (tertiary/aromatic N) is 5. The van der Waals surface area contributed by atoms with Crippen LogP contribution in [0, 0.1) is 18.3 Å². The molecule has 3 aromatic rings. The van der Waals surface area contributed by atoms with Gasteiger partial charge in [-0.1, -0.05) is 6.07 Å². The predicted octanol–water partition coefficient (Wildman–Crippen LogP) is 2.66. The highest BCUT2D eigenvalue weighted by Gasteiger charge is 2.02. The molecular formula is C15H11N5. The fourth-order valence-corrected chi connectivity index (χ4v) is 1.91. The topological polar surface area (TPSA) is 66.3 Å². The van der Waals surface area contributed by atoms with Crippen molar-refractivity contribution in [1.29, 1.82) is 5.26 Å². The maximum atomic E-state index is 8.99. The molecule has 0 aliphatic rings. The normalized spacial score (nSPS) is 11.0. The van der Waals surface area contributed by atoms with Crippen LogP contribution in [0.1, 0.15) is 17.1 Å². The Morgan fingerprint density at radius 2 is 2.20 bits per heavy atom. The molecule has 0 bridgehead atoms. The SMILES string of the molecule is Cc1cccc(C=Nc2ccc3ncc(C#N)n3c2)n1. The maximum absolute atomic E-state index is 8.99. The number of rotatable bonds is 2. The molecule has 0 aromatic carbocycles. The van der Waals surface area contributed by atoms with Crippen LogP contribution in [0.2, 0.25) is 0 Å². The van der Waals surface area contributed by atoms with Gasteiger partial charge in [0.05, 0.1) is 23.8 Å². The van der Waals surface area contributed by atoms with Crippen molar-refractivity contribution in [2.24, 2.45) is 4.99 Å². The number of hydrogen-bond acceptors (Lipinski definition) is 4. The van der Waals surface area contributed by atoms with Crippen LogP contribution >= 0.6 is 0 Å². The Balaban J connectivity index is 1.97. The molecule has 5 nitrogen and oxygen atoms in total. The van der Waals surface area contributed by atoms with Crippen molar-refractivity contribution in [3.63, 3.8) is 0 Å². The number of fused-ring (bicyclic) bond motifs is 1. The first-order valence-corrected chi connectivity index (χ1v) is 6.11. The first-order chi connectivity index (χ1) is 9.76. The summed E-state index contributed by atoms with van der Waals surface area (Å²) in [4.78, 5) is 12.9. The molecule has 0 aliphatic carbocycles. The van der Waals surface area contributed by atoms with Gasteiger partial charge in [-0.15, -0.1) is 0 Å². The number of aryl methyl sites for hydroxylation is 1. The Morgan fingerprint density at radius 3 is 3.00 bits per heavy atom. The van der Waals surface area contributed by atoms with Gasteiger partial charge in [0.15, 0.2) is 0 Å². The summed E-state index contributed by atoms with van der Waals surface area (Å²) in [5.74, 6) is 0. The first-order valence-electron chi connectivity index (χ1n) is 6.11. The highest BCUT2D eigenvalue weighted by atomic mass is 15.0. The quantitative estimate of drug-likeness (QED) is 0.666. The smallest absolute Gasteiger partial charge is 0.144 e. The van der Waals surface area contributed by atoms with Gasteiger partial charge in [-0.3, -0.25) is 14.4 Å². The van der Waals surface area contributed by atoms with Crippen LogP contribution in [0.4, 0.5) is 5.69 Å². The van der Waals surface area contributed by atoms with E-state index in [1.165, 1.54) is 0 Å². The average Bonchev–Trinajstić information content (AvgIpc) is 2.87. The van der Waals surface area contributed by atoms with Crippen molar-refractivity contribution in [3.05, 3.63) is 59.8 Å². The Morgan fingerprint density at radius 1 is 1.30 bits per heavy atom. The summed E-state index contributed by atoms with van der Waals surface area (Å²) in [7, 11) is 0. The molecule has 0 saturated heterocycles. The molecule has 0 spiro atoms. The number of aliphatic imine (C=N–C) groups is 1. The van der Waals surface area contributed by atoms with E-state index in [4.69, 9.17) is 5.26 Å². The zero-order valence-electron chi connectivity index (χ0n) is 10.9. The number of aromatic nitrogens is 3. The second-order valence-electron chi connectivity index (χ2n) is 4.33. The maximum Gasteiger partial charge on any atom is 0.144 e. The minimum atomic E-state index is 0.491. The van der Waals surface area contributed by atoms with Gasteiger partial charge in [0.1, 0.15) is 17.4 Å². The van der Waals surface area contributed by atoms with Crippen LogP contribution in [-0.4, -0.2) is 20.6 Å². The van der Waals surface area contributed by atoms with Crippen LogP contribution in [0.15, 0.2) is 47.7 Å². The predicted molar refractivity (Wildman–Crippen MR) is 76.1 cm³/mol. The molecule has 0 fully saturated rings. The van der Waals surface area contributed by atoms with Crippen molar-refractivity contribution in [3.8, 4) is 6.07 Å². The molecule has 0 saturated carbocycles. The molecule has 3 heterocycles. The summed E-state index contributed by atoms with van der Waals surface area (Å²) in [5.41, 5.74) is 3.72. The van der Waals surface area contributed by atoms with E-state index in [1.807, 2.05) is 37.3 Å². The van der Waals surface area contributed by atoms with E-state index in [0.29, 0.717) is 5.69 Å². The van der Waals surface area contributed by atoms with E-state index in [0.717, 1.165) is 22.7 Å². The minimum absolute atomic E-state index is 0.491. The van der Waals surface area contributed by atoms with E-state index < -0.39 is 0 Å². The van der Waals surface area contributed by atoms with E-state index >= 15 is 0 Å². The zero-order chi connectivity index (χ0) is 13.9. The molecule has 0 N–H and O–H groups in total. The Hall–Kier alpha value is -3.00. The lowest BCUT2D eigenvalue weighted by atomic mass is 10.3. The molecule has 3 rings (SSSR count). The summed E-state index contributed by atoms with van der Waals surface area (Å²) in [5, 5.41) is 8.99. The van der Waals surface area contributed by atoms with Gasteiger partial charge < -0.3 is 0 Å². The van der Waals surface area contributed by atoms with Crippen molar-refractivity contribution in [1.82, 2.24) is 14.4 Å². The molecule has 3 aromatic heterocycles. The minimum Gasteiger partial charge on any atom is -0.289 e. The zero-order valence-corrected chi connectivity index (χ0v) is 10.9. The molecule has 96 valence electrons. The largest absolute Gasteiger partial charge is 0.289 e. The van der Waals surface area contributed by atoms with Crippen LogP contribution < -0.4 is 0 Å². The molecular weight excluding hydrogens is 250 g/mol. The van der Waals surface area contributed by atoms with E-state index in [9.17, 15) is 0 Å². The van der Waals surface area contributed by atoms with Gasteiger partial charge in [0.2, 0.25) is 0 Å². The van der Waals surface area contributed by atoms with Gasteiger partial charge in [-0.05, 0) is 31.2 Å². The average molecular weight is 261 g/mol. The second kappa shape index (κ2) is 4.94. The number of nitriles is 1. The van der Waals surface area contributed by atoms with E-state index in [-0.39, 0.29) is 0 Å². The molecule has 0 unspecified atom stereocenters. The van der Waals surface area contributed by atoms with Crippen molar-refractivity contribution in [2.45, 2.75) is 6.92 Å². The molecule has 0 atom stereocenters. The standard InChI is InChI=1S/C15H11N5/c1-11-3-2-4-12(19-11)8-17-13-5-6-15-18-9-14(7-16)20(15)10-13/h2-6,8-10H,1H3. The number of hydrogen-bond donors (Lipinski definition) is 0. The van der Waals surface area contributed by atoms with Crippen molar-refractivity contribution >= 4 is 17.5 Å². The van der Waals surface area contributed by atoms with Gasteiger partial charge in [0, 0.05) is 11.9 Å². The summed E-state index contributed by atoms with van der Waals surface area (Å²) in [6, 6.07) is 11.6. The van der Waals surface area contributed by atoms with Crippen LogP contribution in [0.5, 0.6) is 0 Å². The van der Waals surface area contributed by atoms with Gasteiger partial charge in [0.25, 0.3) is 0 Å². The lowest BCUT2D eigenvalue weighted by Crippen LogP contribution is -1.90. The molecule has 5 heteroatoms. The van der Waals surface area contributed by atoms with Crippen molar-refractivity contribution in [2.75, 3.05) is 0 Å². The van der Waals surface area contributed by atoms with E-state index in [1.54, 1.807) is 23.0 Å². The van der Waals surface area contributed by atoms with Gasteiger partial charge >= 0.3 is 0 Å². The lowest BCUT2D eigenvalue weighted by molar-refractivity contribution is 1.15. The summed E-state index contributed by atoms with van der Waals surface area (Å²) in [6.07, 6.45) is 5.04. The van der Waals surface area contributed by atoms with Crippen molar-refractivity contribution < 1.29 is 0 Å². The van der Waals surface area contributed by atoms with Gasteiger partial charge in [-0.2, -0.15) is 5.26 Å². The molecule has 0 aliphatic heterocycles. The summed E-state index contributed by atoms with van der Waals surface area (Å²) < 4.78 is 1.72. The molecule has 20 heavy (non-hydrogen) atoms. The molecule has 0 radical (unpaired) electrons. The van der Waals surface area contributed by atoms with Crippen LogP contribution in [0.3, 0.4) is 0 Å². The van der Waals surface area contributed by atoms with Gasteiger partial charge in [-0.25, -0.2) is 4.98 Å². The number of imidazole rings is 1. The third-order valence-electron chi connectivity index (χ3n) is 2.86. The highest BCUT2D eigenvalue weighted by molar-refractivity contribution is 5.79. The third kappa shape index (κ3) is 2.27. The summed E-state index contributed by atoms with van der Waals surface area (Å²) >= 11 is 0. The monoisotopic (exact) mass is 261 g/mol. The second-order valence-corrected chi connectivity index (χ2v) is 4.33. The molecule has 0 amide bonds. The van der Waals surface area contributed by atoms with Crippen LogP contribution in [0.25, 0.3) is 5.65 Å². The fraction of sp³-hybridized carbons (Fsp3) is 0.0667. The Bertz CT molecular complexity index is 839. The Labute approximate surface area is 115 Å². The first kappa shape index (κ1) is 12.1. The number of pyridine rings is 2. The Kier molecular flexibility index (Phi) is 2.98. The van der Waals surface area contributed by atoms with Crippen LogP contribution in [-0.2, 0) is 0 Å². The fourth-order valence-electron chi connectivity index (χ4n) is 1.91.